The van der Waals surface area contributed by atoms with Gasteiger partial charge in [0.2, 0.25) is 0 Å². The van der Waals surface area contributed by atoms with Crippen molar-refractivity contribution in [2.24, 2.45) is 0 Å². The fraction of sp³-hybridized carbons (Fsp3) is 0.208. The minimum absolute atomic E-state index is 0. The van der Waals surface area contributed by atoms with Crippen LogP contribution in [0.15, 0.2) is 72.8 Å². The molecule has 0 spiro atoms. The molecule has 4 heteroatoms. The van der Waals surface area contributed by atoms with Gasteiger partial charge in [-0.05, 0) is 22.8 Å². The van der Waals surface area contributed by atoms with Gasteiger partial charge >= 0.3 is 5.97 Å². The molecule has 0 bridgehead atoms. The Labute approximate surface area is 179 Å². The second-order valence-electron chi connectivity index (χ2n) is 6.76. The number of ether oxygens (including phenoxy) is 1. The Kier molecular flexibility index (Phi) is 7.54. The largest absolute Gasteiger partial charge is 0.496 e. The predicted molar refractivity (Wildman–Crippen MR) is 108 cm³/mol. The van der Waals surface area contributed by atoms with Gasteiger partial charge in [-0.15, -0.1) is 0 Å². The zero-order valence-electron chi connectivity index (χ0n) is 16.6. The van der Waals surface area contributed by atoms with Gasteiger partial charge in [0.25, 0.3) is 0 Å². The number of methoxy groups -OCH3 is 1. The quantitative estimate of drug-likeness (QED) is 0.516. The molecule has 3 aromatic carbocycles. The predicted octanol–water partition coefficient (Wildman–Crippen LogP) is 5.69. The van der Waals surface area contributed by atoms with Crippen LogP contribution in [0.3, 0.4) is 0 Å². The Balaban J connectivity index is 0.00000280. The molecule has 3 nitrogen and oxygen atoms in total. The van der Waals surface area contributed by atoms with Crippen LogP contribution in [-0.2, 0) is 19.5 Å². The number of aromatic carboxylic acids is 1. The molecule has 0 amide bonds. The molecular formula is C24H24O3Zn. The molecule has 0 heterocycles. The minimum Gasteiger partial charge on any atom is -0.496 e. The molecule has 2 atom stereocenters. The third-order valence-corrected chi connectivity index (χ3v) is 5.14. The first-order valence-electron chi connectivity index (χ1n) is 9.08. The minimum atomic E-state index is -0.976. The van der Waals surface area contributed by atoms with Gasteiger partial charge < -0.3 is 9.84 Å². The Hall–Kier alpha value is -2.45. The van der Waals surface area contributed by atoms with Crippen LogP contribution in [0.25, 0.3) is 0 Å². The van der Waals surface area contributed by atoms with E-state index in [9.17, 15) is 9.90 Å². The number of hydrogen-bond donors (Lipinski definition) is 1. The number of hydrogen-bond acceptors (Lipinski definition) is 2. The van der Waals surface area contributed by atoms with Crippen molar-refractivity contribution in [1.82, 2.24) is 0 Å². The van der Waals surface area contributed by atoms with E-state index in [1.807, 2.05) is 36.4 Å². The molecule has 1 N–H and O–H groups in total. The Bertz CT molecular complexity index is 923. The van der Waals surface area contributed by atoms with Crippen molar-refractivity contribution in [3.63, 3.8) is 0 Å². The summed E-state index contributed by atoms with van der Waals surface area (Å²) in [5.74, 6) is -0.447. The molecule has 28 heavy (non-hydrogen) atoms. The van der Waals surface area contributed by atoms with Crippen molar-refractivity contribution in [1.29, 1.82) is 0 Å². The fourth-order valence-corrected chi connectivity index (χ4v) is 3.49. The number of rotatable bonds is 6. The standard InChI is InChI=1S/C24H24O3.Zn/c1-16(18-10-6-4-7-11-18)20-14-21(17(2)19-12-8-5-9-13-19)23(27-3)22(15-20)24(25)26;/h4-17H,1-3H3,(H,25,26);. The van der Waals surface area contributed by atoms with Gasteiger partial charge in [-0.2, -0.15) is 0 Å². The SMILES string of the molecule is COc1c(C(=O)O)cc(C(C)c2ccccc2)cc1C(C)c1ccccc1.[Zn]. The molecule has 0 aliphatic heterocycles. The molecule has 0 aliphatic carbocycles. The van der Waals surface area contributed by atoms with Gasteiger partial charge in [-0.25, -0.2) is 4.79 Å². The summed E-state index contributed by atoms with van der Waals surface area (Å²) in [6, 6.07) is 24.0. The van der Waals surface area contributed by atoms with Crippen LogP contribution in [0, 0.1) is 0 Å². The van der Waals surface area contributed by atoms with Crippen LogP contribution < -0.4 is 4.74 Å². The Morgan fingerprint density at radius 1 is 0.821 bits per heavy atom. The van der Waals surface area contributed by atoms with E-state index in [0.717, 1.165) is 22.3 Å². The summed E-state index contributed by atoms with van der Waals surface area (Å²) in [6.45, 7) is 4.18. The van der Waals surface area contributed by atoms with Gasteiger partial charge in [-0.3, -0.25) is 0 Å². The molecular weight excluding hydrogens is 402 g/mol. The van der Waals surface area contributed by atoms with Crippen LogP contribution in [0.4, 0.5) is 0 Å². The van der Waals surface area contributed by atoms with Crippen molar-refractivity contribution in [3.05, 3.63) is 101 Å². The second kappa shape index (κ2) is 9.66. The fourth-order valence-electron chi connectivity index (χ4n) is 3.49. The van der Waals surface area contributed by atoms with Crippen molar-refractivity contribution in [3.8, 4) is 5.75 Å². The van der Waals surface area contributed by atoms with Crippen molar-refractivity contribution < 1.29 is 34.1 Å². The smallest absolute Gasteiger partial charge is 0.339 e. The van der Waals surface area contributed by atoms with E-state index in [1.54, 1.807) is 6.07 Å². The average Bonchev–Trinajstić information content (AvgIpc) is 2.72. The summed E-state index contributed by atoms with van der Waals surface area (Å²) in [7, 11) is 1.53. The molecule has 3 rings (SSSR count). The molecule has 3 aromatic rings. The van der Waals surface area contributed by atoms with Gasteiger partial charge in [0.15, 0.2) is 0 Å². The number of carboxylic acid groups (broad SMARTS) is 1. The van der Waals surface area contributed by atoms with Gasteiger partial charge in [0, 0.05) is 36.9 Å². The van der Waals surface area contributed by atoms with E-state index >= 15 is 0 Å². The summed E-state index contributed by atoms with van der Waals surface area (Å²) >= 11 is 0. The van der Waals surface area contributed by atoms with Gasteiger partial charge in [-0.1, -0.05) is 80.6 Å². The van der Waals surface area contributed by atoms with Crippen LogP contribution in [0.5, 0.6) is 5.75 Å². The monoisotopic (exact) mass is 424 g/mol. The Morgan fingerprint density at radius 2 is 1.32 bits per heavy atom. The van der Waals surface area contributed by atoms with Crippen LogP contribution in [-0.4, -0.2) is 18.2 Å². The molecule has 140 valence electrons. The Morgan fingerprint density at radius 3 is 1.79 bits per heavy atom. The molecule has 0 saturated carbocycles. The summed E-state index contributed by atoms with van der Waals surface area (Å²) in [5, 5.41) is 9.77. The average molecular weight is 426 g/mol. The molecule has 2 unspecified atom stereocenters. The van der Waals surface area contributed by atoms with Crippen LogP contribution >= 0.6 is 0 Å². The van der Waals surface area contributed by atoms with E-state index in [2.05, 4.69) is 44.2 Å². The van der Waals surface area contributed by atoms with Crippen LogP contribution in [0.1, 0.15) is 58.3 Å². The third-order valence-electron chi connectivity index (χ3n) is 5.14. The van der Waals surface area contributed by atoms with E-state index in [4.69, 9.17) is 4.74 Å². The van der Waals surface area contributed by atoms with E-state index in [0.29, 0.717) is 5.75 Å². The number of carboxylic acids is 1. The maximum Gasteiger partial charge on any atom is 0.339 e. The maximum atomic E-state index is 11.9. The molecule has 0 fully saturated rings. The van der Waals surface area contributed by atoms with Gasteiger partial charge in [0.05, 0.1) is 7.11 Å². The van der Waals surface area contributed by atoms with E-state index in [1.165, 1.54) is 7.11 Å². The topological polar surface area (TPSA) is 46.5 Å². The first kappa shape index (κ1) is 21.8. The van der Waals surface area contributed by atoms with Gasteiger partial charge in [0.1, 0.15) is 11.3 Å². The summed E-state index contributed by atoms with van der Waals surface area (Å²) in [6.07, 6.45) is 0. The maximum absolute atomic E-state index is 11.9. The van der Waals surface area contributed by atoms with Crippen molar-refractivity contribution in [2.75, 3.05) is 7.11 Å². The molecule has 0 aromatic heterocycles. The summed E-state index contributed by atoms with van der Waals surface area (Å²) in [5.41, 5.74) is 4.34. The third kappa shape index (κ3) is 4.51. The van der Waals surface area contributed by atoms with Crippen LogP contribution in [0.2, 0.25) is 0 Å². The zero-order valence-corrected chi connectivity index (χ0v) is 19.5. The number of carbonyl (C=O) groups is 1. The number of benzene rings is 3. The summed E-state index contributed by atoms with van der Waals surface area (Å²) < 4.78 is 5.54. The first-order chi connectivity index (χ1) is 13.0. The van der Waals surface area contributed by atoms with E-state index in [-0.39, 0.29) is 36.9 Å². The molecule has 0 aliphatic rings. The van der Waals surface area contributed by atoms with Crippen molar-refractivity contribution >= 4 is 5.97 Å². The zero-order chi connectivity index (χ0) is 19.4. The second-order valence-corrected chi connectivity index (χ2v) is 6.76. The normalized spacial score (nSPS) is 12.5. The summed E-state index contributed by atoms with van der Waals surface area (Å²) in [4.78, 5) is 11.9. The molecule has 0 saturated heterocycles. The van der Waals surface area contributed by atoms with E-state index < -0.39 is 5.97 Å². The molecule has 0 radical (unpaired) electrons. The van der Waals surface area contributed by atoms with Crippen molar-refractivity contribution in [2.45, 2.75) is 25.7 Å². The first-order valence-corrected chi connectivity index (χ1v) is 9.08.